The molecule has 0 fully saturated rings. The van der Waals surface area contributed by atoms with Crippen molar-refractivity contribution >= 4 is 11.8 Å². The van der Waals surface area contributed by atoms with Crippen molar-refractivity contribution in [1.82, 2.24) is 15.3 Å². The van der Waals surface area contributed by atoms with Gasteiger partial charge in [-0.05, 0) is 20.0 Å². The van der Waals surface area contributed by atoms with Gasteiger partial charge >= 0.3 is 0 Å². The van der Waals surface area contributed by atoms with Crippen LogP contribution in [0.1, 0.15) is 5.69 Å². The van der Waals surface area contributed by atoms with Crippen molar-refractivity contribution in [2.24, 2.45) is 0 Å². The average molecular weight is 209 g/mol. The molecule has 14 heavy (non-hydrogen) atoms. The molecular weight excluding hydrogens is 194 g/mol. The van der Waals surface area contributed by atoms with Crippen LogP contribution in [-0.4, -0.2) is 29.3 Å². The van der Waals surface area contributed by atoms with E-state index >= 15 is 0 Å². The Morgan fingerprint density at radius 1 is 1.64 bits per heavy atom. The predicted octanol–water partition coefficient (Wildman–Crippen LogP) is 1.65. The van der Waals surface area contributed by atoms with Crippen molar-refractivity contribution in [1.29, 1.82) is 0 Å². The third-order valence-electron chi connectivity index (χ3n) is 1.60. The smallest absolute Gasteiger partial charge is 0.188 e. The van der Waals surface area contributed by atoms with Gasteiger partial charge in [0.25, 0.3) is 0 Å². The molecule has 0 spiro atoms. The standard InChI is InChI=1S/C10H15N3S/c1-8(6-11-3)7-14-10-12-5-4-9(2)13-10/h4-5,11H,1,6-7H2,2-3H3. The van der Waals surface area contributed by atoms with Crippen molar-refractivity contribution in [3.05, 3.63) is 30.1 Å². The third kappa shape index (κ3) is 3.89. The number of nitrogens with zero attached hydrogens (tertiary/aromatic N) is 2. The molecular formula is C10H15N3S. The molecule has 0 aliphatic carbocycles. The maximum atomic E-state index is 4.30. The summed E-state index contributed by atoms with van der Waals surface area (Å²) in [5.41, 5.74) is 2.16. The molecule has 1 aromatic rings. The summed E-state index contributed by atoms with van der Waals surface area (Å²) in [6.07, 6.45) is 1.78. The molecule has 1 heterocycles. The largest absolute Gasteiger partial charge is 0.316 e. The third-order valence-corrected chi connectivity index (χ3v) is 2.61. The van der Waals surface area contributed by atoms with Gasteiger partial charge in [-0.15, -0.1) is 0 Å². The second-order valence-electron chi connectivity index (χ2n) is 3.05. The molecule has 76 valence electrons. The second-order valence-corrected chi connectivity index (χ2v) is 3.99. The fourth-order valence-electron chi connectivity index (χ4n) is 0.963. The number of hydrogen-bond donors (Lipinski definition) is 1. The van der Waals surface area contributed by atoms with Crippen LogP contribution in [0.15, 0.2) is 29.6 Å². The first kappa shape index (κ1) is 11.2. The van der Waals surface area contributed by atoms with Gasteiger partial charge in [0.1, 0.15) is 0 Å². The molecule has 0 radical (unpaired) electrons. The summed E-state index contributed by atoms with van der Waals surface area (Å²) in [7, 11) is 1.92. The van der Waals surface area contributed by atoms with Crippen LogP contribution >= 0.6 is 11.8 Å². The Kier molecular flexibility index (Phi) is 4.62. The molecule has 0 unspecified atom stereocenters. The first-order valence-corrected chi connectivity index (χ1v) is 5.44. The van der Waals surface area contributed by atoms with Crippen LogP contribution in [0.25, 0.3) is 0 Å². The number of nitrogens with one attached hydrogen (secondary N) is 1. The fourth-order valence-corrected chi connectivity index (χ4v) is 1.74. The topological polar surface area (TPSA) is 37.8 Å². The lowest BCUT2D eigenvalue weighted by molar-refractivity contribution is 0.882. The Bertz CT molecular complexity index is 312. The Hall–Kier alpha value is -0.870. The van der Waals surface area contributed by atoms with Crippen LogP contribution in [0, 0.1) is 6.92 Å². The number of rotatable bonds is 5. The summed E-state index contributed by atoms with van der Waals surface area (Å²) in [6.45, 7) is 6.76. The molecule has 4 heteroatoms. The summed E-state index contributed by atoms with van der Waals surface area (Å²) >= 11 is 1.62. The van der Waals surface area contributed by atoms with Crippen LogP contribution < -0.4 is 5.32 Å². The van der Waals surface area contributed by atoms with Gasteiger partial charge in [-0.3, -0.25) is 0 Å². The Morgan fingerprint density at radius 3 is 3.07 bits per heavy atom. The fraction of sp³-hybridized carbons (Fsp3) is 0.400. The van der Waals surface area contributed by atoms with Crippen LogP contribution in [-0.2, 0) is 0 Å². The average Bonchev–Trinajstić information content (AvgIpc) is 2.15. The van der Waals surface area contributed by atoms with Gasteiger partial charge in [-0.25, -0.2) is 9.97 Å². The van der Waals surface area contributed by atoms with Crippen molar-refractivity contribution in [2.75, 3.05) is 19.3 Å². The zero-order valence-corrected chi connectivity index (χ0v) is 9.40. The first-order chi connectivity index (χ1) is 6.72. The van der Waals surface area contributed by atoms with E-state index in [0.29, 0.717) is 0 Å². The molecule has 3 nitrogen and oxygen atoms in total. The number of aryl methyl sites for hydroxylation is 1. The SMILES string of the molecule is C=C(CNC)CSc1nccc(C)n1. The highest BCUT2D eigenvalue weighted by molar-refractivity contribution is 7.99. The minimum atomic E-state index is 0.822. The maximum Gasteiger partial charge on any atom is 0.188 e. The van der Waals surface area contributed by atoms with Gasteiger partial charge in [0.15, 0.2) is 5.16 Å². The molecule has 1 aromatic heterocycles. The number of hydrogen-bond acceptors (Lipinski definition) is 4. The number of likely N-dealkylation sites (N-methyl/N-ethyl adjacent to an activating group) is 1. The molecule has 0 aromatic carbocycles. The lowest BCUT2D eigenvalue weighted by atomic mass is 10.3. The van der Waals surface area contributed by atoms with Crippen molar-refractivity contribution in [2.45, 2.75) is 12.1 Å². The Balaban J connectivity index is 2.41. The first-order valence-electron chi connectivity index (χ1n) is 4.46. The Labute approximate surface area is 89.0 Å². The van der Waals surface area contributed by atoms with E-state index in [1.54, 1.807) is 18.0 Å². The van der Waals surface area contributed by atoms with Gasteiger partial charge in [0, 0.05) is 24.2 Å². The van der Waals surface area contributed by atoms with Crippen LogP contribution in [0.5, 0.6) is 0 Å². The lowest BCUT2D eigenvalue weighted by Gasteiger charge is -2.03. The molecule has 0 aliphatic rings. The van der Waals surface area contributed by atoms with E-state index in [1.807, 2.05) is 20.0 Å². The highest BCUT2D eigenvalue weighted by Gasteiger charge is 1.99. The van der Waals surface area contributed by atoms with Crippen molar-refractivity contribution in [3.8, 4) is 0 Å². The van der Waals surface area contributed by atoms with Gasteiger partial charge in [0.05, 0.1) is 0 Å². The molecule has 0 bridgehead atoms. The molecule has 0 saturated carbocycles. The monoisotopic (exact) mass is 209 g/mol. The zero-order valence-electron chi connectivity index (χ0n) is 8.58. The Morgan fingerprint density at radius 2 is 2.43 bits per heavy atom. The minimum absolute atomic E-state index is 0.822. The van der Waals surface area contributed by atoms with Crippen molar-refractivity contribution < 1.29 is 0 Å². The normalized spacial score (nSPS) is 10.1. The van der Waals surface area contributed by atoms with Gasteiger partial charge < -0.3 is 5.32 Å². The van der Waals surface area contributed by atoms with Gasteiger partial charge in [0.2, 0.25) is 0 Å². The predicted molar refractivity (Wildman–Crippen MR) is 60.6 cm³/mol. The van der Waals surface area contributed by atoms with E-state index in [1.165, 1.54) is 0 Å². The molecule has 1 rings (SSSR count). The van der Waals surface area contributed by atoms with E-state index < -0.39 is 0 Å². The molecule has 0 aliphatic heterocycles. The van der Waals surface area contributed by atoms with Gasteiger partial charge in [-0.1, -0.05) is 23.9 Å². The highest BCUT2D eigenvalue weighted by Crippen LogP contribution is 2.14. The molecule has 0 atom stereocenters. The van der Waals surface area contributed by atoms with E-state index in [9.17, 15) is 0 Å². The number of thioether (sulfide) groups is 1. The van der Waals surface area contributed by atoms with E-state index in [2.05, 4.69) is 21.9 Å². The number of aromatic nitrogens is 2. The zero-order chi connectivity index (χ0) is 10.4. The van der Waals surface area contributed by atoms with Gasteiger partial charge in [-0.2, -0.15) is 0 Å². The van der Waals surface area contributed by atoms with Crippen LogP contribution in [0.3, 0.4) is 0 Å². The maximum absolute atomic E-state index is 4.30. The molecule has 0 amide bonds. The summed E-state index contributed by atoms with van der Waals surface area (Å²) in [4.78, 5) is 8.46. The summed E-state index contributed by atoms with van der Waals surface area (Å²) in [5, 5.41) is 3.88. The second kappa shape index (κ2) is 5.78. The summed E-state index contributed by atoms with van der Waals surface area (Å²) < 4.78 is 0. The quantitative estimate of drug-likeness (QED) is 0.454. The highest BCUT2D eigenvalue weighted by atomic mass is 32.2. The molecule has 0 saturated heterocycles. The van der Waals surface area contributed by atoms with E-state index in [4.69, 9.17) is 0 Å². The summed E-state index contributed by atoms with van der Waals surface area (Å²) in [5.74, 6) is 0.865. The minimum Gasteiger partial charge on any atom is -0.316 e. The van der Waals surface area contributed by atoms with Crippen LogP contribution in [0.4, 0.5) is 0 Å². The molecule has 1 N–H and O–H groups in total. The summed E-state index contributed by atoms with van der Waals surface area (Å²) in [6, 6.07) is 1.90. The van der Waals surface area contributed by atoms with Crippen molar-refractivity contribution in [3.63, 3.8) is 0 Å². The lowest BCUT2D eigenvalue weighted by Crippen LogP contribution is -2.11. The van der Waals surface area contributed by atoms with Crippen LogP contribution in [0.2, 0.25) is 0 Å². The van der Waals surface area contributed by atoms with E-state index in [-0.39, 0.29) is 0 Å². The van der Waals surface area contributed by atoms with E-state index in [0.717, 1.165) is 28.7 Å².